The lowest BCUT2D eigenvalue weighted by Gasteiger charge is -2.28. The molecule has 0 bridgehead atoms. The number of carboxylic acid groups (broad SMARTS) is 1. The van der Waals surface area contributed by atoms with Crippen LogP contribution in [0.4, 0.5) is 4.79 Å². The number of carbonyl (C=O) groups excluding carboxylic acids is 1. The third-order valence-corrected chi connectivity index (χ3v) is 3.93. The average Bonchev–Trinajstić information content (AvgIpc) is 2.92. The van der Waals surface area contributed by atoms with Crippen LogP contribution in [0.2, 0.25) is 0 Å². The van der Waals surface area contributed by atoms with Crippen molar-refractivity contribution in [1.82, 2.24) is 4.90 Å². The van der Waals surface area contributed by atoms with E-state index >= 15 is 0 Å². The molecule has 0 spiro atoms. The van der Waals surface area contributed by atoms with E-state index in [1.54, 1.807) is 26.8 Å². The molecule has 2 aliphatic rings. The molecule has 118 valence electrons. The SMILES string of the molecule is C=CCOC[C@]12C[C@@H](C(=O)O)N(C(=O)OC(C)(C)C)[C@@H]1C2. The Morgan fingerprint density at radius 2 is 2.10 bits per heavy atom. The third kappa shape index (κ3) is 3.20. The van der Waals surface area contributed by atoms with Crippen LogP contribution in [0, 0.1) is 5.41 Å². The molecule has 0 aromatic rings. The number of nitrogens with zero attached hydrogens (tertiary/aromatic N) is 1. The van der Waals surface area contributed by atoms with Crippen LogP contribution in [-0.4, -0.2) is 53.0 Å². The van der Waals surface area contributed by atoms with Crippen LogP contribution < -0.4 is 0 Å². The van der Waals surface area contributed by atoms with Crippen molar-refractivity contribution in [2.45, 2.75) is 51.3 Å². The summed E-state index contributed by atoms with van der Waals surface area (Å²) in [4.78, 5) is 25.1. The Morgan fingerprint density at radius 3 is 2.62 bits per heavy atom. The molecule has 1 heterocycles. The van der Waals surface area contributed by atoms with E-state index in [2.05, 4.69) is 6.58 Å². The summed E-state index contributed by atoms with van der Waals surface area (Å²) in [6.07, 6.45) is 2.29. The lowest BCUT2D eigenvalue weighted by molar-refractivity contribution is -0.142. The molecule has 6 nitrogen and oxygen atoms in total. The van der Waals surface area contributed by atoms with Crippen LogP contribution in [0.15, 0.2) is 12.7 Å². The highest BCUT2D eigenvalue weighted by Crippen LogP contribution is 2.59. The molecular weight excluding hydrogens is 274 g/mol. The van der Waals surface area contributed by atoms with E-state index in [0.717, 1.165) is 6.42 Å². The van der Waals surface area contributed by atoms with Crippen LogP contribution in [0.25, 0.3) is 0 Å². The fourth-order valence-corrected chi connectivity index (χ4v) is 2.97. The van der Waals surface area contributed by atoms with Crippen molar-refractivity contribution in [3.05, 3.63) is 12.7 Å². The molecule has 3 atom stereocenters. The number of aliphatic carboxylic acids is 1. The molecule has 1 amide bonds. The number of likely N-dealkylation sites (tertiary alicyclic amines) is 1. The molecular formula is C15H23NO5. The first-order chi connectivity index (χ1) is 9.70. The highest BCUT2D eigenvalue weighted by molar-refractivity contribution is 5.82. The number of fused-ring (bicyclic) bond motifs is 1. The summed E-state index contributed by atoms with van der Waals surface area (Å²) in [5, 5.41) is 9.35. The Hall–Kier alpha value is -1.56. The van der Waals surface area contributed by atoms with Gasteiger partial charge in [-0.2, -0.15) is 0 Å². The zero-order valence-electron chi connectivity index (χ0n) is 12.8. The zero-order valence-corrected chi connectivity index (χ0v) is 12.8. The van der Waals surface area contributed by atoms with Gasteiger partial charge in [0, 0.05) is 11.5 Å². The van der Waals surface area contributed by atoms with E-state index in [4.69, 9.17) is 9.47 Å². The largest absolute Gasteiger partial charge is 0.480 e. The lowest BCUT2D eigenvalue weighted by atomic mass is 10.0. The monoisotopic (exact) mass is 297 g/mol. The van der Waals surface area contributed by atoms with Crippen molar-refractivity contribution < 1.29 is 24.2 Å². The van der Waals surface area contributed by atoms with Gasteiger partial charge in [0.25, 0.3) is 0 Å². The second-order valence-electron chi connectivity index (χ2n) is 6.83. The van der Waals surface area contributed by atoms with Gasteiger partial charge >= 0.3 is 12.1 Å². The average molecular weight is 297 g/mol. The maximum atomic E-state index is 12.3. The summed E-state index contributed by atoms with van der Waals surface area (Å²) >= 11 is 0. The molecule has 1 saturated heterocycles. The third-order valence-electron chi connectivity index (χ3n) is 3.93. The van der Waals surface area contributed by atoms with Gasteiger partial charge in [-0.15, -0.1) is 6.58 Å². The van der Waals surface area contributed by atoms with Gasteiger partial charge in [-0.25, -0.2) is 9.59 Å². The maximum absolute atomic E-state index is 12.3. The lowest BCUT2D eigenvalue weighted by Crippen LogP contribution is -2.45. The summed E-state index contributed by atoms with van der Waals surface area (Å²) in [6.45, 7) is 9.77. The van der Waals surface area contributed by atoms with Crippen molar-refractivity contribution in [3.63, 3.8) is 0 Å². The van der Waals surface area contributed by atoms with Gasteiger partial charge in [0.1, 0.15) is 11.6 Å². The van der Waals surface area contributed by atoms with E-state index < -0.39 is 23.7 Å². The molecule has 0 aromatic carbocycles. The molecule has 2 rings (SSSR count). The number of hydrogen-bond donors (Lipinski definition) is 1. The van der Waals surface area contributed by atoms with Crippen LogP contribution in [-0.2, 0) is 14.3 Å². The van der Waals surface area contributed by atoms with E-state index in [9.17, 15) is 14.7 Å². The summed E-state index contributed by atoms with van der Waals surface area (Å²) in [5.41, 5.74) is -0.872. The summed E-state index contributed by atoms with van der Waals surface area (Å²) in [6, 6.07) is -0.927. The Balaban J connectivity index is 2.08. The van der Waals surface area contributed by atoms with Crippen molar-refractivity contribution in [2.24, 2.45) is 5.41 Å². The van der Waals surface area contributed by atoms with E-state index in [1.165, 1.54) is 4.90 Å². The Bertz CT molecular complexity index is 455. The minimum Gasteiger partial charge on any atom is -0.480 e. The molecule has 21 heavy (non-hydrogen) atoms. The fraction of sp³-hybridized carbons (Fsp3) is 0.733. The normalized spacial score (nSPS) is 30.7. The number of amides is 1. The highest BCUT2D eigenvalue weighted by Gasteiger charge is 2.68. The number of carboxylic acids is 1. The quantitative estimate of drug-likeness (QED) is 0.621. The van der Waals surface area contributed by atoms with Gasteiger partial charge in [-0.1, -0.05) is 6.08 Å². The number of rotatable bonds is 5. The predicted molar refractivity (Wildman–Crippen MR) is 76.0 cm³/mol. The van der Waals surface area contributed by atoms with Crippen LogP contribution in [0.3, 0.4) is 0 Å². The standard InChI is InChI=1S/C15H23NO5/c1-5-6-20-9-15-7-10(12(17)18)16(11(15)8-15)13(19)21-14(2,3)4/h5,10-11H,1,6-9H2,2-4H3,(H,17,18)/t10-,11+,15+/m0/s1. The Morgan fingerprint density at radius 1 is 1.43 bits per heavy atom. The highest BCUT2D eigenvalue weighted by atomic mass is 16.6. The van der Waals surface area contributed by atoms with Gasteiger partial charge in [-0.05, 0) is 33.6 Å². The molecule has 1 aliphatic carbocycles. The van der Waals surface area contributed by atoms with Crippen molar-refractivity contribution in [3.8, 4) is 0 Å². The minimum atomic E-state index is -0.990. The van der Waals surface area contributed by atoms with Crippen LogP contribution in [0.5, 0.6) is 0 Å². The van der Waals surface area contributed by atoms with Gasteiger partial charge < -0.3 is 14.6 Å². The maximum Gasteiger partial charge on any atom is 0.411 e. The first kappa shape index (κ1) is 15.8. The van der Waals surface area contributed by atoms with E-state index in [0.29, 0.717) is 19.6 Å². The summed E-state index contributed by atoms with van der Waals surface area (Å²) in [7, 11) is 0. The molecule has 2 fully saturated rings. The first-order valence-electron chi connectivity index (χ1n) is 7.13. The number of ether oxygens (including phenoxy) is 2. The minimum absolute atomic E-state index is 0.0988. The van der Waals surface area contributed by atoms with E-state index in [-0.39, 0.29) is 11.5 Å². The van der Waals surface area contributed by atoms with Crippen molar-refractivity contribution >= 4 is 12.1 Å². The zero-order chi connectivity index (χ0) is 15.8. The Kier molecular flexibility index (Phi) is 4.02. The van der Waals surface area contributed by atoms with Gasteiger partial charge in [-0.3, -0.25) is 4.90 Å². The summed E-state index contributed by atoms with van der Waals surface area (Å²) in [5.74, 6) is -0.990. The van der Waals surface area contributed by atoms with Gasteiger partial charge in [0.2, 0.25) is 0 Å². The fourth-order valence-electron chi connectivity index (χ4n) is 2.97. The molecule has 0 unspecified atom stereocenters. The smallest absolute Gasteiger partial charge is 0.411 e. The molecule has 0 radical (unpaired) electrons. The second-order valence-corrected chi connectivity index (χ2v) is 6.83. The molecule has 1 saturated carbocycles. The number of piperidine rings is 1. The second kappa shape index (κ2) is 5.33. The van der Waals surface area contributed by atoms with Gasteiger partial charge in [0.15, 0.2) is 0 Å². The molecule has 1 N–H and O–H groups in total. The van der Waals surface area contributed by atoms with Crippen LogP contribution >= 0.6 is 0 Å². The molecule has 6 heteroatoms. The van der Waals surface area contributed by atoms with Crippen LogP contribution in [0.1, 0.15) is 33.6 Å². The Labute approximate surface area is 124 Å². The summed E-state index contributed by atoms with van der Waals surface area (Å²) < 4.78 is 10.8. The number of hydrogen-bond acceptors (Lipinski definition) is 4. The predicted octanol–water partition coefficient (Wildman–Crippen LogP) is 2.04. The number of carbonyl (C=O) groups is 2. The molecule has 0 aromatic heterocycles. The van der Waals surface area contributed by atoms with E-state index in [1.807, 2.05) is 0 Å². The first-order valence-corrected chi connectivity index (χ1v) is 7.13. The van der Waals surface area contributed by atoms with Gasteiger partial charge in [0.05, 0.1) is 13.2 Å². The topological polar surface area (TPSA) is 76.1 Å². The molecule has 1 aliphatic heterocycles. The van der Waals surface area contributed by atoms with Crippen molar-refractivity contribution in [2.75, 3.05) is 13.2 Å². The van der Waals surface area contributed by atoms with Crippen molar-refractivity contribution in [1.29, 1.82) is 0 Å².